The molecule has 0 aromatic carbocycles. The van der Waals surface area contributed by atoms with Gasteiger partial charge >= 0.3 is 5.97 Å². The number of ether oxygens (including phenoxy) is 1. The van der Waals surface area contributed by atoms with E-state index in [2.05, 4.69) is 11.8 Å². The summed E-state index contributed by atoms with van der Waals surface area (Å²) in [6.45, 7) is 6.78. The second kappa shape index (κ2) is 11.1. The van der Waals surface area contributed by atoms with Crippen molar-refractivity contribution >= 4 is 5.97 Å². The van der Waals surface area contributed by atoms with Crippen LogP contribution >= 0.6 is 0 Å². The van der Waals surface area contributed by atoms with Crippen LogP contribution in [0, 0.1) is 0 Å². The van der Waals surface area contributed by atoms with Gasteiger partial charge in [0.1, 0.15) is 6.04 Å². The normalized spacial score (nSPS) is 17.9. The monoisotopic (exact) mass is 283 g/mol. The summed E-state index contributed by atoms with van der Waals surface area (Å²) in [4.78, 5) is 14.5. The molecule has 1 aliphatic rings. The SMILES string of the molecule is CCCCCCCC[C@@H](C(=O)OCC)N1CCCCC1. The highest BCUT2D eigenvalue weighted by Gasteiger charge is 2.27. The zero-order valence-electron chi connectivity index (χ0n) is 13.5. The predicted molar refractivity (Wildman–Crippen MR) is 83.8 cm³/mol. The Labute approximate surface area is 125 Å². The van der Waals surface area contributed by atoms with Gasteiger partial charge in [0.25, 0.3) is 0 Å². The van der Waals surface area contributed by atoms with Crippen molar-refractivity contribution in [1.29, 1.82) is 0 Å². The summed E-state index contributed by atoms with van der Waals surface area (Å²) in [5, 5.41) is 0. The highest BCUT2D eigenvalue weighted by atomic mass is 16.5. The van der Waals surface area contributed by atoms with Gasteiger partial charge in [-0.2, -0.15) is 0 Å². The van der Waals surface area contributed by atoms with Crippen LogP contribution in [0.25, 0.3) is 0 Å². The van der Waals surface area contributed by atoms with Gasteiger partial charge < -0.3 is 4.74 Å². The second-order valence-corrected chi connectivity index (χ2v) is 5.92. The fraction of sp³-hybridized carbons (Fsp3) is 0.941. The Morgan fingerprint density at radius 2 is 1.65 bits per heavy atom. The smallest absolute Gasteiger partial charge is 0.323 e. The summed E-state index contributed by atoms with van der Waals surface area (Å²) < 4.78 is 5.27. The van der Waals surface area contributed by atoms with Gasteiger partial charge in [0.05, 0.1) is 6.61 Å². The number of unbranched alkanes of at least 4 members (excludes halogenated alkanes) is 5. The van der Waals surface area contributed by atoms with Crippen molar-refractivity contribution in [2.75, 3.05) is 19.7 Å². The molecule has 0 saturated carbocycles. The molecule has 0 amide bonds. The lowest BCUT2D eigenvalue weighted by molar-refractivity contribution is -0.150. The largest absolute Gasteiger partial charge is 0.465 e. The third-order valence-corrected chi connectivity index (χ3v) is 4.22. The van der Waals surface area contributed by atoms with Crippen molar-refractivity contribution < 1.29 is 9.53 Å². The fourth-order valence-corrected chi connectivity index (χ4v) is 3.04. The summed E-state index contributed by atoms with van der Waals surface area (Å²) in [7, 11) is 0. The van der Waals surface area contributed by atoms with Gasteiger partial charge in [-0.15, -0.1) is 0 Å². The number of nitrogens with zero attached hydrogens (tertiary/aromatic N) is 1. The van der Waals surface area contributed by atoms with Gasteiger partial charge in [0, 0.05) is 0 Å². The zero-order valence-corrected chi connectivity index (χ0v) is 13.5. The summed E-state index contributed by atoms with van der Waals surface area (Å²) in [6, 6.07) is 0.0152. The molecule has 20 heavy (non-hydrogen) atoms. The average Bonchev–Trinajstić information content (AvgIpc) is 2.47. The Morgan fingerprint density at radius 3 is 2.30 bits per heavy atom. The number of carbonyl (C=O) groups is 1. The van der Waals surface area contributed by atoms with Crippen molar-refractivity contribution in [1.82, 2.24) is 4.90 Å². The fourth-order valence-electron chi connectivity index (χ4n) is 3.04. The first-order valence-corrected chi connectivity index (χ1v) is 8.70. The molecule has 0 aromatic heterocycles. The lowest BCUT2D eigenvalue weighted by atomic mass is 10.0. The molecular formula is C17H33NO2. The molecule has 1 fully saturated rings. The average molecular weight is 283 g/mol. The molecule has 0 bridgehead atoms. The van der Waals surface area contributed by atoms with E-state index in [1.54, 1.807) is 0 Å². The van der Waals surface area contributed by atoms with E-state index in [1.165, 1.54) is 51.4 Å². The highest BCUT2D eigenvalue weighted by Crippen LogP contribution is 2.18. The van der Waals surface area contributed by atoms with Crippen LogP contribution < -0.4 is 0 Å². The third kappa shape index (κ3) is 6.74. The lowest BCUT2D eigenvalue weighted by Gasteiger charge is -2.33. The van der Waals surface area contributed by atoms with E-state index in [-0.39, 0.29) is 12.0 Å². The first-order chi connectivity index (χ1) is 9.79. The van der Waals surface area contributed by atoms with Crippen LogP contribution in [-0.2, 0) is 9.53 Å². The van der Waals surface area contributed by atoms with Gasteiger partial charge in [-0.25, -0.2) is 0 Å². The molecule has 0 unspecified atom stereocenters. The minimum atomic E-state index is 0.00274. The number of hydrogen-bond acceptors (Lipinski definition) is 3. The topological polar surface area (TPSA) is 29.5 Å². The molecule has 0 aliphatic carbocycles. The minimum Gasteiger partial charge on any atom is -0.465 e. The van der Waals surface area contributed by atoms with Crippen molar-refractivity contribution in [3.63, 3.8) is 0 Å². The molecule has 1 rings (SSSR count). The van der Waals surface area contributed by atoms with Crippen molar-refractivity contribution in [2.24, 2.45) is 0 Å². The Bertz CT molecular complexity index is 249. The van der Waals surface area contributed by atoms with Crippen LogP contribution in [0.15, 0.2) is 0 Å². The van der Waals surface area contributed by atoms with Crippen LogP contribution in [0.5, 0.6) is 0 Å². The number of carbonyl (C=O) groups excluding carboxylic acids is 1. The highest BCUT2D eigenvalue weighted by molar-refractivity contribution is 5.75. The van der Waals surface area contributed by atoms with E-state index in [1.807, 2.05) is 6.92 Å². The Balaban J connectivity index is 2.31. The van der Waals surface area contributed by atoms with E-state index in [0.29, 0.717) is 6.61 Å². The van der Waals surface area contributed by atoms with Gasteiger partial charge in [-0.1, -0.05) is 51.9 Å². The number of rotatable bonds is 10. The second-order valence-electron chi connectivity index (χ2n) is 5.92. The molecule has 0 radical (unpaired) electrons. The van der Waals surface area contributed by atoms with Gasteiger partial charge in [0.2, 0.25) is 0 Å². The summed E-state index contributed by atoms with van der Waals surface area (Å²) >= 11 is 0. The molecule has 0 N–H and O–H groups in total. The molecule has 1 heterocycles. The summed E-state index contributed by atoms with van der Waals surface area (Å²) in [6.07, 6.45) is 12.4. The van der Waals surface area contributed by atoms with E-state index >= 15 is 0 Å². The Kier molecular flexibility index (Phi) is 9.73. The lowest BCUT2D eigenvalue weighted by Crippen LogP contribution is -2.44. The number of likely N-dealkylation sites (tertiary alicyclic amines) is 1. The molecule has 118 valence electrons. The Hall–Kier alpha value is -0.570. The third-order valence-electron chi connectivity index (χ3n) is 4.22. The maximum absolute atomic E-state index is 12.1. The van der Waals surface area contributed by atoms with Gasteiger partial charge in [-0.3, -0.25) is 9.69 Å². The molecule has 0 aromatic rings. The maximum atomic E-state index is 12.1. The standard InChI is InChI=1S/C17H33NO2/c1-3-5-6-7-8-10-13-16(17(19)20-4-2)18-14-11-9-12-15-18/h16H,3-15H2,1-2H3/t16-/m0/s1. The van der Waals surface area contributed by atoms with Crippen LogP contribution in [-0.4, -0.2) is 36.6 Å². The first kappa shape index (κ1) is 17.5. The molecule has 0 spiro atoms. The molecule has 3 nitrogen and oxygen atoms in total. The van der Waals surface area contributed by atoms with Crippen LogP contribution in [0.1, 0.15) is 78.1 Å². The van der Waals surface area contributed by atoms with Crippen LogP contribution in [0.2, 0.25) is 0 Å². The summed E-state index contributed by atoms with van der Waals surface area (Å²) in [5.74, 6) is 0.00274. The summed E-state index contributed by atoms with van der Waals surface area (Å²) in [5.41, 5.74) is 0. The van der Waals surface area contributed by atoms with Crippen molar-refractivity contribution in [3.05, 3.63) is 0 Å². The van der Waals surface area contributed by atoms with E-state index in [9.17, 15) is 4.79 Å². The first-order valence-electron chi connectivity index (χ1n) is 8.70. The molecular weight excluding hydrogens is 250 g/mol. The maximum Gasteiger partial charge on any atom is 0.323 e. The van der Waals surface area contributed by atoms with Crippen LogP contribution in [0.4, 0.5) is 0 Å². The van der Waals surface area contributed by atoms with Crippen LogP contribution in [0.3, 0.4) is 0 Å². The zero-order chi connectivity index (χ0) is 14.6. The Morgan fingerprint density at radius 1 is 1.00 bits per heavy atom. The predicted octanol–water partition coefficient (Wildman–Crippen LogP) is 4.15. The minimum absolute atomic E-state index is 0.00274. The molecule has 3 heteroatoms. The van der Waals surface area contributed by atoms with Crippen molar-refractivity contribution in [3.8, 4) is 0 Å². The van der Waals surface area contributed by atoms with Crippen molar-refractivity contribution in [2.45, 2.75) is 84.1 Å². The van der Waals surface area contributed by atoms with Gasteiger partial charge in [-0.05, 0) is 39.3 Å². The molecule has 1 saturated heterocycles. The number of hydrogen-bond donors (Lipinski definition) is 0. The number of piperidine rings is 1. The van der Waals surface area contributed by atoms with E-state index in [4.69, 9.17) is 4.74 Å². The number of esters is 1. The van der Waals surface area contributed by atoms with E-state index < -0.39 is 0 Å². The quantitative estimate of drug-likeness (QED) is 0.445. The molecule has 1 aliphatic heterocycles. The molecule has 1 atom stereocenters. The van der Waals surface area contributed by atoms with E-state index in [0.717, 1.165) is 25.9 Å². The van der Waals surface area contributed by atoms with Gasteiger partial charge in [0.15, 0.2) is 0 Å².